The molecule has 0 aromatic heterocycles. The van der Waals surface area contributed by atoms with Gasteiger partial charge in [-0.2, -0.15) is 0 Å². The Morgan fingerprint density at radius 3 is 0.753 bits per heavy atom. The zero-order valence-electron chi connectivity index (χ0n) is 43.5. The minimum Gasteiger partial charge on any atom is -0.298 e. The summed E-state index contributed by atoms with van der Waals surface area (Å²) < 4.78 is 0.937. The summed E-state index contributed by atoms with van der Waals surface area (Å²) in [6.07, 6.45) is 9.30. The Labute approximate surface area is 454 Å². The van der Waals surface area contributed by atoms with Crippen LogP contribution in [0.2, 0.25) is 0 Å². The van der Waals surface area contributed by atoms with E-state index in [1.54, 1.807) is 91.0 Å². The Hall–Kier alpha value is -7.85. The Bertz CT molecular complexity index is 2120. The third-order valence-corrected chi connectivity index (χ3v) is 7.68. The highest BCUT2D eigenvalue weighted by Crippen LogP contribution is 2.09. The van der Waals surface area contributed by atoms with E-state index >= 15 is 0 Å². The largest absolute Gasteiger partial charge is 0.298 e. The van der Waals surface area contributed by atoms with Crippen molar-refractivity contribution < 1.29 is 33.6 Å². The summed E-state index contributed by atoms with van der Waals surface area (Å²) in [7, 11) is 0. The second kappa shape index (κ2) is 64.2. The van der Waals surface area contributed by atoms with E-state index in [9.17, 15) is 33.6 Å². The van der Waals surface area contributed by atoms with E-state index in [2.05, 4.69) is 71.3 Å². The first-order chi connectivity index (χ1) is 35.7. The van der Waals surface area contributed by atoms with E-state index in [0.717, 1.165) is 87.4 Å². The van der Waals surface area contributed by atoms with Crippen LogP contribution in [-0.2, 0) is 0 Å². The molecule has 73 heavy (non-hydrogen) atoms. The van der Waals surface area contributed by atoms with E-state index in [-0.39, 0.29) is 0 Å². The summed E-state index contributed by atoms with van der Waals surface area (Å²) in [4.78, 5) is 70.6. The van der Waals surface area contributed by atoms with E-state index in [0.29, 0.717) is 11.1 Å². The van der Waals surface area contributed by atoms with Gasteiger partial charge in [0.1, 0.15) is 44.0 Å². The van der Waals surface area contributed by atoms with Crippen molar-refractivity contribution in [3.63, 3.8) is 0 Å². The van der Waals surface area contributed by atoms with Gasteiger partial charge in [-0.1, -0.05) is 254 Å². The summed E-state index contributed by atoms with van der Waals surface area (Å²) in [5, 5.41) is 0. The van der Waals surface area contributed by atoms with Crippen LogP contribution in [0.4, 0.5) is 0 Å². The van der Waals surface area contributed by atoms with Crippen molar-refractivity contribution in [3.8, 4) is 0 Å². The van der Waals surface area contributed by atoms with Crippen molar-refractivity contribution in [2.24, 2.45) is 0 Å². The van der Waals surface area contributed by atoms with E-state index in [1.807, 2.05) is 163 Å². The van der Waals surface area contributed by atoms with Crippen molar-refractivity contribution in [2.75, 3.05) is 5.83 Å². The van der Waals surface area contributed by atoms with Crippen LogP contribution in [0.3, 0.4) is 0 Å². The Balaban J connectivity index is -0.000000173. The number of hydrogen-bond acceptors (Lipinski definition) is 7. The van der Waals surface area contributed by atoms with Gasteiger partial charge in [0.15, 0.2) is 0 Å². The maximum absolute atomic E-state index is 10.2. The molecule has 7 aromatic carbocycles. The van der Waals surface area contributed by atoms with Crippen LogP contribution in [0, 0.1) is 6.92 Å². The molecule has 0 N–H and O–H groups in total. The topological polar surface area (TPSA) is 119 Å². The second-order valence-electron chi connectivity index (χ2n) is 12.2. The van der Waals surface area contributed by atoms with Gasteiger partial charge >= 0.3 is 0 Å². The SMILES string of the molecule is C=C.C=C.C=CC.C=Cc1cccc(C=O)c1.CBr.CC.CC.Cc1cccc(C=O)c1.O=Cc1cccc(Br)c1.O=Cc1ccccc1.O=Cc1ccccc1.O=Cc1ccccc1.O=Cc1ccccc1. The molecule has 9 heteroatoms. The Kier molecular flexibility index (Phi) is 67.3. The number of alkyl halides is 1. The van der Waals surface area contributed by atoms with Crippen molar-refractivity contribution in [2.45, 2.75) is 41.5 Å². The van der Waals surface area contributed by atoms with Gasteiger partial charge in [0.2, 0.25) is 0 Å². The molecule has 0 fully saturated rings. The van der Waals surface area contributed by atoms with Gasteiger partial charge < -0.3 is 0 Å². The third-order valence-electron chi connectivity index (χ3n) is 7.19. The zero-order valence-corrected chi connectivity index (χ0v) is 46.7. The van der Waals surface area contributed by atoms with Crippen molar-refractivity contribution in [3.05, 3.63) is 294 Å². The number of aryl methyl sites for hydroxylation is 1. The first-order valence-electron chi connectivity index (χ1n) is 22.5. The van der Waals surface area contributed by atoms with Gasteiger partial charge in [-0.15, -0.1) is 32.9 Å². The number of carbonyl (C=O) groups is 7. The molecule has 0 aliphatic carbocycles. The number of rotatable bonds is 8. The molecule has 0 aliphatic heterocycles. The first kappa shape index (κ1) is 76.6. The monoisotopic (exact) mass is 1110 g/mol. The lowest BCUT2D eigenvalue weighted by atomic mass is 10.1. The van der Waals surface area contributed by atoms with Gasteiger partial charge in [0.25, 0.3) is 0 Å². The molecule has 0 spiro atoms. The molecule has 0 atom stereocenters. The van der Waals surface area contributed by atoms with Crippen LogP contribution in [0.1, 0.15) is 118 Å². The highest BCUT2D eigenvalue weighted by Gasteiger charge is 1.90. The molecular weight excluding hydrogens is 1040 g/mol. The average molecular weight is 1120 g/mol. The van der Waals surface area contributed by atoms with E-state index < -0.39 is 0 Å². The molecule has 386 valence electrons. The lowest BCUT2D eigenvalue weighted by Gasteiger charge is -1.91. The van der Waals surface area contributed by atoms with Crippen molar-refractivity contribution >= 4 is 81.9 Å². The maximum Gasteiger partial charge on any atom is 0.150 e. The van der Waals surface area contributed by atoms with Gasteiger partial charge in [-0.05, 0) is 49.5 Å². The van der Waals surface area contributed by atoms with Gasteiger partial charge in [-0.3, -0.25) is 33.6 Å². The highest BCUT2D eigenvalue weighted by molar-refractivity contribution is 9.10. The van der Waals surface area contributed by atoms with Crippen LogP contribution in [0.5, 0.6) is 0 Å². The molecular formula is C64H74Br2O7. The number of benzene rings is 7. The fraction of sp³-hybridized carbons (Fsp3) is 0.109. The molecule has 7 rings (SSSR count). The molecule has 0 aliphatic rings. The number of halogens is 2. The molecule has 0 saturated heterocycles. The molecule has 0 saturated carbocycles. The van der Waals surface area contributed by atoms with Gasteiger partial charge in [-0.25, -0.2) is 0 Å². The second-order valence-corrected chi connectivity index (χ2v) is 13.1. The summed E-state index contributed by atoms with van der Waals surface area (Å²) in [5.74, 6) is 1.81. The molecule has 0 radical (unpaired) electrons. The molecule has 0 bridgehead atoms. The predicted octanol–water partition coefficient (Wildman–Crippen LogP) is 18.1. The Morgan fingerprint density at radius 1 is 0.329 bits per heavy atom. The number of carbonyl (C=O) groups excluding carboxylic acids is 7. The molecule has 7 nitrogen and oxygen atoms in total. The van der Waals surface area contributed by atoms with Crippen LogP contribution in [0.15, 0.2) is 244 Å². The molecule has 0 heterocycles. The lowest BCUT2D eigenvalue weighted by molar-refractivity contribution is 0.111. The van der Waals surface area contributed by atoms with Crippen LogP contribution >= 0.6 is 31.9 Å². The summed E-state index contributed by atoms with van der Waals surface area (Å²) in [5.41, 5.74) is 7.15. The van der Waals surface area contributed by atoms with Crippen LogP contribution < -0.4 is 0 Å². The van der Waals surface area contributed by atoms with Crippen LogP contribution in [0.25, 0.3) is 6.08 Å². The van der Waals surface area contributed by atoms with Crippen LogP contribution in [-0.4, -0.2) is 49.8 Å². The fourth-order valence-corrected chi connectivity index (χ4v) is 4.63. The van der Waals surface area contributed by atoms with Crippen molar-refractivity contribution in [1.29, 1.82) is 0 Å². The Morgan fingerprint density at radius 2 is 0.548 bits per heavy atom. The standard InChI is InChI=1S/C9H8O.C8H8O.C7H5BrO.4C7H6O.C3H6.2C2H6.2C2H4.CH3Br/c1-2-8-4-3-5-9(6-8)7-10;1-7-3-2-4-8(5-7)6-9;8-7-3-1-2-6(4-7)5-9;4*8-6-7-4-2-1-3-5-7;1-3-2;5*1-2/h2-7H,1H2;2-6H,1H3;1-5H;4*1-6H;3H,1H2,2H3;2*1-2H3;2*1-2H2;1H3. The molecule has 0 unspecified atom stereocenters. The number of aldehydes is 7. The minimum atomic E-state index is 0.692. The van der Waals surface area contributed by atoms with E-state index in [1.165, 1.54) is 0 Å². The highest BCUT2D eigenvalue weighted by atomic mass is 79.9. The number of hydrogen-bond donors (Lipinski definition) is 0. The average Bonchev–Trinajstić information content (AvgIpc) is 3.49. The first-order valence-corrected chi connectivity index (χ1v) is 24.9. The van der Waals surface area contributed by atoms with Crippen molar-refractivity contribution in [1.82, 2.24) is 0 Å². The molecule has 7 aromatic rings. The van der Waals surface area contributed by atoms with Gasteiger partial charge in [0, 0.05) is 43.4 Å². The normalized spacial score (nSPS) is 7.68. The maximum atomic E-state index is 10.2. The smallest absolute Gasteiger partial charge is 0.150 e. The summed E-state index contributed by atoms with van der Waals surface area (Å²) >= 11 is 6.18. The van der Waals surface area contributed by atoms with E-state index in [4.69, 9.17) is 0 Å². The summed E-state index contributed by atoms with van der Waals surface area (Å²) in [6.45, 7) is 30.8. The zero-order chi connectivity index (χ0) is 56.8. The minimum absolute atomic E-state index is 0.692. The third kappa shape index (κ3) is 50.4. The molecule has 0 amide bonds. The lowest BCUT2D eigenvalue weighted by Crippen LogP contribution is -1.78. The summed E-state index contributed by atoms with van der Waals surface area (Å²) in [6, 6.07) is 58.4. The number of allylic oxidation sites excluding steroid dienone is 1. The fourth-order valence-electron chi connectivity index (χ4n) is 4.21. The predicted molar refractivity (Wildman–Crippen MR) is 321 cm³/mol. The van der Waals surface area contributed by atoms with Gasteiger partial charge in [0.05, 0.1) is 0 Å². The quantitative estimate of drug-likeness (QED) is 0.0844.